The number of hydrogen-bond acceptors (Lipinski definition) is 1. The molecule has 0 atom stereocenters. The van der Waals surface area contributed by atoms with Crippen molar-refractivity contribution in [1.29, 1.82) is 0 Å². The molecule has 16 heavy (non-hydrogen) atoms. The van der Waals surface area contributed by atoms with Gasteiger partial charge in [-0.2, -0.15) is 0 Å². The largest absolute Gasteiger partial charge is 0.313 e. The van der Waals surface area contributed by atoms with Crippen molar-refractivity contribution in [1.82, 2.24) is 5.32 Å². The standard InChI is InChI=1S/C13H15ClFN/c14-11-3-1-2-10(12(11)15)13(6-7-13)8-16-9-4-5-9/h1-3,9,16H,4-8H2. The van der Waals surface area contributed by atoms with Crippen molar-refractivity contribution in [3.63, 3.8) is 0 Å². The second-order valence-corrected chi connectivity index (χ2v) is 5.44. The second kappa shape index (κ2) is 3.71. The molecule has 86 valence electrons. The van der Waals surface area contributed by atoms with Crippen molar-refractivity contribution in [3.05, 3.63) is 34.6 Å². The molecule has 3 rings (SSSR count). The van der Waals surface area contributed by atoms with Crippen LogP contribution in [0.4, 0.5) is 4.39 Å². The molecule has 0 bridgehead atoms. The van der Waals surface area contributed by atoms with E-state index in [0.717, 1.165) is 24.9 Å². The third-order valence-corrected chi connectivity index (χ3v) is 3.97. The number of hydrogen-bond donors (Lipinski definition) is 1. The molecule has 0 heterocycles. The summed E-state index contributed by atoms with van der Waals surface area (Å²) in [6.45, 7) is 0.898. The lowest BCUT2D eigenvalue weighted by atomic mass is 9.95. The highest BCUT2D eigenvalue weighted by atomic mass is 35.5. The van der Waals surface area contributed by atoms with Crippen LogP contribution in [0, 0.1) is 5.82 Å². The highest BCUT2D eigenvalue weighted by molar-refractivity contribution is 6.30. The van der Waals surface area contributed by atoms with Crippen molar-refractivity contribution in [2.24, 2.45) is 0 Å². The minimum atomic E-state index is -0.223. The van der Waals surface area contributed by atoms with Crippen LogP contribution in [0.15, 0.2) is 18.2 Å². The first-order valence-electron chi connectivity index (χ1n) is 5.89. The summed E-state index contributed by atoms with van der Waals surface area (Å²) in [6.07, 6.45) is 4.69. The Balaban J connectivity index is 1.81. The van der Waals surface area contributed by atoms with Crippen molar-refractivity contribution in [3.8, 4) is 0 Å². The number of halogens is 2. The van der Waals surface area contributed by atoms with E-state index >= 15 is 0 Å². The van der Waals surface area contributed by atoms with Gasteiger partial charge in [0.2, 0.25) is 0 Å². The number of nitrogens with one attached hydrogen (secondary N) is 1. The molecule has 0 spiro atoms. The first-order valence-corrected chi connectivity index (χ1v) is 6.27. The van der Waals surface area contributed by atoms with Gasteiger partial charge in [0.25, 0.3) is 0 Å². The molecule has 0 radical (unpaired) electrons. The Morgan fingerprint density at radius 1 is 1.38 bits per heavy atom. The Morgan fingerprint density at radius 3 is 2.75 bits per heavy atom. The van der Waals surface area contributed by atoms with Gasteiger partial charge in [0.1, 0.15) is 5.82 Å². The predicted octanol–water partition coefficient (Wildman–Crippen LogP) is 3.26. The molecule has 1 aromatic rings. The summed E-state index contributed by atoms with van der Waals surface area (Å²) in [5, 5.41) is 3.74. The fourth-order valence-corrected chi connectivity index (χ4v) is 2.41. The van der Waals surface area contributed by atoms with Gasteiger partial charge in [-0.1, -0.05) is 23.7 Å². The molecule has 3 heteroatoms. The van der Waals surface area contributed by atoms with Gasteiger partial charge >= 0.3 is 0 Å². The summed E-state index contributed by atoms with van der Waals surface area (Å²) in [7, 11) is 0. The minimum Gasteiger partial charge on any atom is -0.313 e. The molecule has 0 amide bonds. The topological polar surface area (TPSA) is 12.0 Å². The van der Waals surface area contributed by atoms with Gasteiger partial charge in [0.15, 0.2) is 0 Å². The van der Waals surface area contributed by atoms with Gasteiger partial charge in [-0.15, -0.1) is 0 Å². The summed E-state index contributed by atoms with van der Waals surface area (Å²) >= 11 is 5.83. The van der Waals surface area contributed by atoms with Crippen LogP contribution in [0.1, 0.15) is 31.2 Å². The maximum Gasteiger partial charge on any atom is 0.145 e. The van der Waals surface area contributed by atoms with Crippen LogP contribution in [-0.2, 0) is 5.41 Å². The van der Waals surface area contributed by atoms with Gasteiger partial charge in [-0.05, 0) is 37.3 Å². The summed E-state index contributed by atoms with van der Waals surface area (Å²) in [6, 6.07) is 6.02. The van der Waals surface area contributed by atoms with E-state index in [1.165, 1.54) is 12.8 Å². The second-order valence-electron chi connectivity index (χ2n) is 5.04. The van der Waals surface area contributed by atoms with Crippen LogP contribution < -0.4 is 5.32 Å². The van der Waals surface area contributed by atoms with Gasteiger partial charge in [-0.3, -0.25) is 0 Å². The summed E-state index contributed by atoms with van der Waals surface area (Å²) < 4.78 is 13.9. The number of rotatable bonds is 4. The van der Waals surface area contributed by atoms with Crippen LogP contribution in [0.5, 0.6) is 0 Å². The fourth-order valence-electron chi connectivity index (χ4n) is 2.23. The van der Waals surface area contributed by atoms with E-state index in [4.69, 9.17) is 11.6 Å². The molecule has 2 saturated carbocycles. The van der Waals surface area contributed by atoms with Crippen LogP contribution in [0.3, 0.4) is 0 Å². The van der Waals surface area contributed by atoms with Gasteiger partial charge < -0.3 is 5.32 Å². The van der Waals surface area contributed by atoms with Crippen molar-refractivity contribution in [2.45, 2.75) is 37.1 Å². The van der Waals surface area contributed by atoms with E-state index < -0.39 is 0 Å². The normalized spacial score (nSPS) is 22.1. The molecular formula is C13H15ClFN. The summed E-state index contributed by atoms with van der Waals surface area (Å²) in [4.78, 5) is 0. The fraction of sp³-hybridized carbons (Fsp3) is 0.538. The summed E-state index contributed by atoms with van der Waals surface area (Å²) in [5.74, 6) is -0.223. The van der Waals surface area contributed by atoms with E-state index in [1.807, 2.05) is 12.1 Å². The van der Waals surface area contributed by atoms with Crippen molar-refractivity contribution < 1.29 is 4.39 Å². The molecular weight excluding hydrogens is 225 g/mol. The SMILES string of the molecule is Fc1c(Cl)cccc1C1(CNC2CC2)CC1. The van der Waals surface area contributed by atoms with E-state index in [2.05, 4.69) is 5.32 Å². The molecule has 1 N–H and O–H groups in total. The molecule has 2 aliphatic carbocycles. The molecule has 1 aromatic carbocycles. The monoisotopic (exact) mass is 239 g/mol. The zero-order valence-electron chi connectivity index (χ0n) is 9.10. The first kappa shape index (κ1) is 10.5. The lowest BCUT2D eigenvalue weighted by molar-refractivity contribution is 0.529. The van der Waals surface area contributed by atoms with Crippen molar-refractivity contribution >= 4 is 11.6 Å². The molecule has 0 aromatic heterocycles. The molecule has 2 fully saturated rings. The maximum absolute atomic E-state index is 13.9. The Bertz CT molecular complexity index is 410. The zero-order chi connectivity index (χ0) is 11.2. The Morgan fingerprint density at radius 2 is 2.12 bits per heavy atom. The predicted molar refractivity (Wildman–Crippen MR) is 63.3 cm³/mol. The zero-order valence-corrected chi connectivity index (χ0v) is 9.86. The Hall–Kier alpha value is -0.600. The number of benzene rings is 1. The average Bonchev–Trinajstić information content (AvgIpc) is 3.14. The van der Waals surface area contributed by atoms with Gasteiger partial charge in [0.05, 0.1) is 5.02 Å². The Kier molecular flexibility index (Phi) is 2.45. The summed E-state index contributed by atoms with van der Waals surface area (Å²) in [5.41, 5.74) is 0.825. The van der Waals surface area contributed by atoms with Crippen LogP contribution in [-0.4, -0.2) is 12.6 Å². The van der Waals surface area contributed by atoms with Crippen LogP contribution in [0.2, 0.25) is 5.02 Å². The van der Waals surface area contributed by atoms with Gasteiger partial charge in [0, 0.05) is 18.0 Å². The smallest absolute Gasteiger partial charge is 0.145 e. The van der Waals surface area contributed by atoms with E-state index in [0.29, 0.717) is 6.04 Å². The maximum atomic E-state index is 13.9. The molecule has 1 nitrogen and oxygen atoms in total. The van der Waals surface area contributed by atoms with Crippen LogP contribution in [0.25, 0.3) is 0 Å². The Labute approximate surface area is 100.0 Å². The third-order valence-electron chi connectivity index (χ3n) is 3.68. The van der Waals surface area contributed by atoms with Crippen LogP contribution >= 0.6 is 11.6 Å². The lowest BCUT2D eigenvalue weighted by Gasteiger charge is -2.17. The van der Waals surface area contributed by atoms with E-state index in [-0.39, 0.29) is 16.3 Å². The molecule has 0 aliphatic heterocycles. The van der Waals surface area contributed by atoms with E-state index in [1.54, 1.807) is 6.07 Å². The minimum absolute atomic E-state index is 0.0254. The van der Waals surface area contributed by atoms with Crippen molar-refractivity contribution in [2.75, 3.05) is 6.54 Å². The van der Waals surface area contributed by atoms with Gasteiger partial charge in [-0.25, -0.2) is 4.39 Å². The molecule has 2 aliphatic rings. The first-order chi connectivity index (χ1) is 7.71. The molecule has 0 unspecified atom stereocenters. The highest BCUT2D eigenvalue weighted by Crippen LogP contribution is 2.49. The lowest BCUT2D eigenvalue weighted by Crippen LogP contribution is -2.29. The highest BCUT2D eigenvalue weighted by Gasteiger charge is 2.46. The quantitative estimate of drug-likeness (QED) is 0.851. The third kappa shape index (κ3) is 1.85. The van der Waals surface area contributed by atoms with E-state index in [9.17, 15) is 4.39 Å². The average molecular weight is 240 g/mol. The molecule has 0 saturated heterocycles.